The number of carbonyl (C=O) groups is 1. The van der Waals surface area contributed by atoms with Crippen molar-refractivity contribution in [3.63, 3.8) is 0 Å². The van der Waals surface area contributed by atoms with Gasteiger partial charge in [-0.3, -0.25) is 4.79 Å². The maximum Gasteiger partial charge on any atom is 0.251 e. The van der Waals surface area contributed by atoms with E-state index in [-0.39, 0.29) is 5.91 Å². The molecular weight excluding hydrogens is 523 g/mol. The molecule has 2 heterocycles. The maximum atomic E-state index is 12.5. The van der Waals surface area contributed by atoms with Crippen molar-refractivity contribution in [3.05, 3.63) is 62.7 Å². The maximum absolute atomic E-state index is 12.5. The molecule has 5 rings (SSSR count). The fourth-order valence-corrected chi connectivity index (χ4v) is 6.29. The molecular formula is C28H35IN2O2. The Hall–Kier alpha value is -1.60. The van der Waals surface area contributed by atoms with Gasteiger partial charge in [-0.15, -0.1) is 0 Å². The van der Waals surface area contributed by atoms with Crippen molar-refractivity contribution in [1.82, 2.24) is 10.2 Å². The number of likely N-dealkylation sites (tertiary alicyclic amines) is 1. The second kappa shape index (κ2) is 10.8. The van der Waals surface area contributed by atoms with Crippen LogP contribution in [0.3, 0.4) is 0 Å². The fraction of sp³-hybridized carbons (Fsp3) is 0.536. The summed E-state index contributed by atoms with van der Waals surface area (Å²) in [6, 6.07) is 14.8. The first kappa shape index (κ1) is 23.2. The van der Waals surface area contributed by atoms with Crippen molar-refractivity contribution in [2.45, 2.75) is 63.3 Å². The van der Waals surface area contributed by atoms with E-state index in [9.17, 15) is 4.79 Å². The molecule has 1 aliphatic carbocycles. The molecule has 1 saturated heterocycles. The lowest BCUT2D eigenvalue weighted by Crippen LogP contribution is -2.38. The molecule has 1 N–H and O–H groups in total. The van der Waals surface area contributed by atoms with Crippen LogP contribution < -0.4 is 10.1 Å². The van der Waals surface area contributed by atoms with Gasteiger partial charge in [-0.1, -0.05) is 12.1 Å². The van der Waals surface area contributed by atoms with Gasteiger partial charge in [-0.25, -0.2) is 0 Å². The zero-order valence-electron chi connectivity index (χ0n) is 19.4. The van der Waals surface area contributed by atoms with E-state index in [1.165, 1.54) is 57.3 Å². The Balaban J connectivity index is 1.02. The van der Waals surface area contributed by atoms with Crippen LogP contribution in [0, 0.1) is 9.49 Å². The predicted molar refractivity (Wildman–Crippen MR) is 141 cm³/mol. The highest BCUT2D eigenvalue weighted by molar-refractivity contribution is 14.1. The van der Waals surface area contributed by atoms with Crippen LogP contribution in [-0.2, 0) is 6.42 Å². The molecule has 33 heavy (non-hydrogen) atoms. The van der Waals surface area contributed by atoms with Gasteiger partial charge in [0.2, 0.25) is 0 Å². The van der Waals surface area contributed by atoms with Gasteiger partial charge in [-0.05, 0) is 135 Å². The number of rotatable bonds is 6. The van der Waals surface area contributed by atoms with E-state index in [1.807, 2.05) is 24.3 Å². The van der Waals surface area contributed by atoms with Gasteiger partial charge in [0.05, 0.1) is 6.61 Å². The normalized spacial score (nSPS) is 23.7. The molecule has 4 nitrogen and oxygen atoms in total. The second-order valence-corrected chi connectivity index (χ2v) is 11.3. The number of ether oxygens (including phenoxy) is 1. The summed E-state index contributed by atoms with van der Waals surface area (Å²) in [6.07, 6.45) is 9.64. The third-order valence-electron chi connectivity index (χ3n) is 7.95. The molecule has 0 radical (unpaired) electrons. The lowest BCUT2D eigenvalue weighted by Gasteiger charge is -2.35. The summed E-state index contributed by atoms with van der Waals surface area (Å²) in [5.74, 6) is 2.71. The standard InChI is InChI=1S/C28H35IN2O2/c29-23-8-6-22(7-9-23)28(32)30-24-10-4-20(5-11-24)12-16-31-17-13-21(14-18-31)25-2-1-3-27-26(25)15-19-33-27/h1-3,6-9,20-21,24H,4-5,10-19H2,(H,30,32)/t20-,24-. The van der Waals surface area contributed by atoms with Crippen LogP contribution in [0.1, 0.15) is 72.3 Å². The summed E-state index contributed by atoms with van der Waals surface area (Å²) in [4.78, 5) is 15.2. The molecule has 0 bridgehead atoms. The van der Waals surface area contributed by atoms with E-state index in [4.69, 9.17) is 4.74 Å². The lowest BCUT2D eigenvalue weighted by molar-refractivity contribution is 0.0919. The minimum Gasteiger partial charge on any atom is -0.493 e. The Morgan fingerprint density at radius 2 is 1.76 bits per heavy atom. The van der Waals surface area contributed by atoms with Gasteiger partial charge in [-0.2, -0.15) is 0 Å². The molecule has 0 aromatic heterocycles. The van der Waals surface area contributed by atoms with Crippen LogP contribution in [-0.4, -0.2) is 43.1 Å². The van der Waals surface area contributed by atoms with Gasteiger partial charge in [0.1, 0.15) is 5.75 Å². The highest BCUT2D eigenvalue weighted by Crippen LogP contribution is 2.37. The molecule has 2 fully saturated rings. The number of hydrogen-bond acceptors (Lipinski definition) is 3. The van der Waals surface area contributed by atoms with Crippen LogP contribution in [0.5, 0.6) is 5.75 Å². The third-order valence-corrected chi connectivity index (χ3v) is 8.67. The smallest absolute Gasteiger partial charge is 0.251 e. The highest BCUT2D eigenvalue weighted by Gasteiger charge is 2.27. The summed E-state index contributed by atoms with van der Waals surface area (Å²) >= 11 is 2.27. The zero-order chi connectivity index (χ0) is 22.6. The summed E-state index contributed by atoms with van der Waals surface area (Å²) < 4.78 is 6.94. The van der Waals surface area contributed by atoms with Crippen molar-refractivity contribution in [1.29, 1.82) is 0 Å². The first-order valence-corrected chi connectivity index (χ1v) is 13.8. The first-order valence-electron chi connectivity index (χ1n) is 12.7. The minimum absolute atomic E-state index is 0.0772. The number of nitrogens with zero attached hydrogens (tertiary/aromatic N) is 1. The van der Waals surface area contributed by atoms with Crippen LogP contribution in [0.15, 0.2) is 42.5 Å². The summed E-state index contributed by atoms with van der Waals surface area (Å²) in [5.41, 5.74) is 3.80. The predicted octanol–water partition coefficient (Wildman–Crippen LogP) is 5.78. The van der Waals surface area contributed by atoms with E-state index in [0.717, 1.165) is 46.7 Å². The number of fused-ring (bicyclic) bond motifs is 1. The van der Waals surface area contributed by atoms with Crippen molar-refractivity contribution in [3.8, 4) is 5.75 Å². The van der Waals surface area contributed by atoms with Crippen LogP contribution in [0.4, 0.5) is 0 Å². The SMILES string of the molecule is O=C(N[C@H]1CC[C@H](CCN2CCC(c3cccc4c3CCO4)CC2)CC1)c1ccc(I)cc1. The molecule has 0 spiro atoms. The molecule has 5 heteroatoms. The molecule has 2 aromatic carbocycles. The Bertz CT molecular complexity index is 945. The largest absolute Gasteiger partial charge is 0.493 e. The number of amides is 1. The van der Waals surface area contributed by atoms with E-state index in [0.29, 0.717) is 12.0 Å². The number of hydrogen-bond donors (Lipinski definition) is 1. The topological polar surface area (TPSA) is 41.6 Å². The highest BCUT2D eigenvalue weighted by atomic mass is 127. The van der Waals surface area contributed by atoms with Gasteiger partial charge in [0, 0.05) is 27.2 Å². The van der Waals surface area contributed by atoms with Gasteiger partial charge >= 0.3 is 0 Å². The van der Waals surface area contributed by atoms with Crippen LogP contribution >= 0.6 is 22.6 Å². The Morgan fingerprint density at radius 1 is 1.00 bits per heavy atom. The number of carbonyl (C=O) groups excluding carboxylic acids is 1. The van der Waals surface area contributed by atoms with E-state index in [2.05, 4.69) is 51.0 Å². The van der Waals surface area contributed by atoms with Gasteiger partial charge in [0.15, 0.2) is 0 Å². The molecule has 176 valence electrons. The quantitative estimate of drug-likeness (QED) is 0.457. The monoisotopic (exact) mass is 558 g/mol. The van der Waals surface area contributed by atoms with Crippen molar-refractivity contribution < 1.29 is 9.53 Å². The molecule has 1 amide bonds. The van der Waals surface area contributed by atoms with Crippen molar-refractivity contribution in [2.75, 3.05) is 26.2 Å². The Morgan fingerprint density at radius 3 is 2.52 bits per heavy atom. The molecule has 0 unspecified atom stereocenters. The van der Waals surface area contributed by atoms with Crippen molar-refractivity contribution >= 4 is 28.5 Å². The van der Waals surface area contributed by atoms with Crippen LogP contribution in [0.25, 0.3) is 0 Å². The van der Waals surface area contributed by atoms with E-state index in [1.54, 1.807) is 5.56 Å². The third kappa shape index (κ3) is 5.73. The minimum atomic E-state index is 0.0772. The average Bonchev–Trinajstić information content (AvgIpc) is 3.34. The molecule has 3 aliphatic rings. The molecule has 2 aliphatic heterocycles. The number of nitrogens with one attached hydrogen (secondary N) is 1. The Kier molecular flexibility index (Phi) is 7.56. The number of halogens is 1. The van der Waals surface area contributed by atoms with Crippen molar-refractivity contribution in [2.24, 2.45) is 5.92 Å². The molecule has 0 atom stereocenters. The van der Waals surface area contributed by atoms with Crippen LogP contribution in [0.2, 0.25) is 0 Å². The number of benzene rings is 2. The molecule has 2 aromatic rings. The summed E-state index contributed by atoms with van der Waals surface area (Å²) in [7, 11) is 0. The summed E-state index contributed by atoms with van der Waals surface area (Å²) in [6.45, 7) is 4.52. The molecule has 1 saturated carbocycles. The fourth-order valence-electron chi connectivity index (χ4n) is 5.93. The average molecular weight is 559 g/mol. The second-order valence-electron chi connectivity index (χ2n) is 10.0. The number of piperidine rings is 1. The zero-order valence-corrected chi connectivity index (χ0v) is 21.6. The lowest BCUT2D eigenvalue weighted by atomic mass is 9.83. The Labute approximate surface area is 211 Å². The summed E-state index contributed by atoms with van der Waals surface area (Å²) in [5, 5.41) is 3.26. The van der Waals surface area contributed by atoms with Gasteiger partial charge in [0.25, 0.3) is 5.91 Å². The van der Waals surface area contributed by atoms with Gasteiger partial charge < -0.3 is 15.0 Å². The van der Waals surface area contributed by atoms with E-state index < -0.39 is 0 Å². The van der Waals surface area contributed by atoms with E-state index >= 15 is 0 Å². The first-order chi connectivity index (χ1) is 16.2.